The van der Waals surface area contributed by atoms with Crippen LogP contribution in [0.25, 0.3) is 11.1 Å². The standard InChI is InChI=1S/C31H47NO/c1-4-6-8-9-13-23-33-31-16-12-11-15-29(31)28-21-22-32-24-30(28)25(3)27-19-17-26(18-20-27)14-10-7-5-2/h11-12,15-16,21-22,24-27H,4-10,13-14,17-20,23H2,1-3H3. The van der Waals surface area contributed by atoms with Gasteiger partial charge in [-0.2, -0.15) is 0 Å². The average Bonchev–Trinajstić information content (AvgIpc) is 2.86. The summed E-state index contributed by atoms with van der Waals surface area (Å²) in [4.78, 5) is 4.54. The molecule has 2 aromatic rings. The third-order valence-corrected chi connectivity index (χ3v) is 7.84. The molecule has 1 aliphatic rings. The van der Waals surface area contributed by atoms with E-state index < -0.39 is 0 Å². The minimum absolute atomic E-state index is 0.535. The summed E-state index contributed by atoms with van der Waals surface area (Å²) in [5.41, 5.74) is 3.93. The van der Waals surface area contributed by atoms with Crippen LogP contribution in [0.15, 0.2) is 42.7 Å². The van der Waals surface area contributed by atoms with Gasteiger partial charge in [0.2, 0.25) is 0 Å². The van der Waals surface area contributed by atoms with E-state index in [1.54, 1.807) is 0 Å². The first-order chi connectivity index (χ1) is 16.2. The number of hydrogen-bond donors (Lipinski definition) is 0. The van der Waals surface area contributed by atoms with Gasteiger partial charge in [0.15, 0.2) is 0 Å². The summed E-state index contributed by atoms with van der Waals surface area (Å²) in [5.74, 6) is 3.28. The molecule has 1 saturated carbocycles. The SMILES string of the molecule is CCCCCCCOc1ccccc1-c1ccncc1C(C)C1CCC(CCCCC)CC1. The number of nitrogens with zero attached hydrogens (tertiary/aromatic N) is 1. The number of rotatable bonds is 14. The van der Waals surface area contributed by atoms with Crippen molar-refractivity contribution in [3.8, 4) is 16.9 Å². The second-order valence-electron chi connectivity index (χ2n) is 10.3. The van der Waals surface area contributed by atoms with E-state index in [4.69, 9.17) is 4.74 Å². The van der Waals surface area contributed by atoms with Crippen molar-refractivity contribution < 1.29 is 4.74 Å². The van der Waals surface area contributed by atoms with Gasteiger partial charge in [0.1, 0.15) is 5.75 Å². The predicted molar refractivity (Wildman–Crippen MR) is 142 cm³/mol. The van der Waals surface area contributed by atoms with Gasteiger partial charge in [-0.3, -0.25) is 4.98 Å². The molecule has 0 aliphatic heterocycles. The van der Waals surface area contributed by atoms with Crippen LogP contribution in [0.4, 0.5) is 0 Å². The van der Waals surface area contributed by atoms with Gasteiger partial charge in [-0.25, -0.2) is 0 Å². The van der Waals surface area contributed by atoms with Crippen molar-refractivity contribution in [2.75, 3.05) is 6.61 Å². The number of hydrogen-bond acceptors (Lipinski definition) is 2. The van der Waals surface area contributed by atoms with Crippen molar-refractivity contribution in [3.05, 3.63) is 48.3 Å². The van der Waals surface area contributed by atoms with E-state index in [9.17, 15) is 0 Å². The second kappa shape index (κ2) is 14.4. The summed E-state index contributed by atoms with van der Waals surface area (Å²) in [6, 6.07) is 10.8. The zero-order valence-electron chi connectivity index (χ0n) is 21.5. The summed E-state index contributed by atoms with van der Waals surface area (Å²) in [6.45, 7) is 7.80. The van der Waals surface area contributed by atoms with E-state index >= 15 is 0 Å². The Hall–Kier alpha value is -1.83. The number of aromatic nitrogens is 1. The van der Waals surface area contributed by atoms with E-state index in [-0.39, 0.29) is 0 Å². The first-order valence-corrected chi connectivity index (χ1v) is 13.9. The fraction of sp³-hybridized carbons (Fsp3) is 0.645. The van der Waals surface area contributed by atoms with Crippen molar-refractivity contribution in [1.82, 2.24) is 4.98 Å². The second-order valence-corrected chi connectivity index (χ2v) is 10.3. The van der Waals surface area contributed by atoms with Gasteiger partial charge in [-0.15, -0.1) is 0 Å². The molecule has 0 saturated heterocycles. The smallest absolute Gasteiger partial charge is 0.127 e. The van der Waals surface area contributed by atoms with Crippen LogP contribution in [-0.2, 0) is 0 Å². The highest BCUT2D eigenvalue weighted by Gasteiger charge is 2.27. The maximum atomic E-state index is 6.29. The quantitative estimate of drug-likeness (QED) is 0.268. The van der Waals surface area contributed by atoms with E-state index in [0.717, 1.165) is 30.6 Å². The van der Waals surface area contributed by atoms with Gasteiger partial charge in [0, 0.05) is 18.0 Å². The van der Waals surface area contributed by atoms with Crippen molar-refractivity contribution in [2.45, 2.75) is 110 Å². The number of unbranched alkanes of at least 4 members (excludes halogenated alkanes) is 6. The molecule has 1 heterocycles. The summed E-state index contributed by atoms with van der Waals surface area (Å²) < 4.78 is 6.29. The molecule has 1 atom stereocenters. The third kappa shape index (κ3) is 7.87. The molecule has 0 spiro atoms. The van der Waals surface area contributed by atoms with Gasteiger partial charge in [-0.1, -0.05) is 103 Å². The maximum absolute atomic E-state index is 6.29. The van der Waals surface area contributed by atoms with Gasteiger partial charge < -0.3 is 4.74 Å². The molecule has 0 amide bonds. The van der Waals surface area contributed by atoms with Crippen LogP contribution in [0.3, 0.4) is 0 Å². The first-order valence-electron chi connectivity index (χ1n) is 13.9. The highest BCUT2D eigenvalue weighted by atomic mass is 16.5. The number of pyridine rings is 1. The average molecular weight is 450 g/mol. The Morgan fingerprint density at radius 2 is 1.58 bits per heavy atom. The molecular weight excluding hydrogens is 402 g/mol. The number of ether oxygens (including phenoxy) is 1. The Labute approximate surface area is 203 Å². The normalized spacial score (nSPS) is 19.4. The molecule has 182 valence electrons. The van der Waals surface area contributed by atoms with Crippen molar-refractivity contribution in [2.24, 2.45) is 11.8 Å². The van der Waals surface area contributed by atoms with Gasteiger partial charge in [0.25, 0.3) is 0 Å². The molecule has 1 aromatic carbocycles. The Morgan fingerprint density at radius 1 is 0.848 bits per heavy atom. The highest BCUT2D eigenvalue weighted by Crippen LogP contribution is 2.43. The molecule has 0 radical (unpaired) electrons. The fourth-order valence-corrected chi connectivity index (χ4v) is 5.63. The van der Waals surface area contributed by atoms with E-state index in [1.165, 1.54) is 93.7 Å². The minimum Gasteiger partial charge on any atom is -0.493 e. The summed E-state index contributed by atoms with van der Waals surface area (Å²) in [6.07, 6.45) is 21.5. The summed E-state index contributed by atoms with van der Waals surface area (Å²) in [5, 5.41) is 0. The molecule has 0 N–H and O–H groups in total. The Bertz CT molecular complexity index is 793. The topological polar surface area (TPSA) is 22.1 Å². The van der Waals surface area contributed by atoms with Crippen LogP contribution < -0.4 is 4.74 Å². The van der Waals surface area contributed by atoms with Crippen molar-refractivity contribution >= 4 is 0 Å². The molecule has 1 aliphatic carbocycles. The predicted octanol–water partition coefficient (Wildman–Crippen LogP) is 9.59. The fourth-order valence-electron chi connectivity index (χ4n) is 5.63. The van der Waals surface area contributed by atoms with Gasteiger partial charge in [0.05, 0.1) is 6.61 Å². The summed E-state index contributed by atoms with van der Waals surface area (Å²) in [7, 11) is 0. The first kappa shape index (κ1) is 25.8. The maximum Gasteiger partial charge on any atom is 0.127 e. The van der Waals surface area contributed by atoms with Gasteiger partial charge >= 0.3 is 0 Å². The molecule has 33 heavy (non-hydrogen) atoms. The van der Waals surface area contributed by atoms with Crippen LogP contribution in [-0.4, -0.2) is 11.6 Å². The molecule has 1 unspecified atom stereocenters. The zero-order chi connectivity index (χ0) is 23.3. The van der Waals surface area contributed by atoms with E-state index in [1.807, 2.05) is 6.20 Å². The lowest BCUT2D eigenvalue weighted by molar-refractivity contribution is 0.236. The lowest BCUT2D eigenvalue weighted by Crippen LogP contribution is -2.19. The number of para-hydroxylation sites is 1. The van der Waals surface area contributed by atoms with E-state index in [2.05, 4.69) is 62.3 Å². The monoisotopic (exact) mass is 449 g/mol. The molecule has 0 bridgehead atoms. The van der Waals surface area contributed by atoms with Crippen molar-refractivity contribution in [3.63, 3.8) is 0 Å². The van der Waals surface area contributed by atoms with Crippen LogP contribution in [0, 0.1) is 11.8 Å². The summed E-state index contributed by atoms with van der Waals surface area (Å²) >= 11 is 0. The Kier molecular flexibility index (Phi) is 11.3. The molecule has 1 fully saturated rings. The molecule has 2 heteroatoms. The van der Waals surface area contributed by atoms with Crippen LogP contribution in [0.2, 0.25) is 0 Å². The lowest BCUT2D eigenvalue weighted by atomic mass is 9.72. The van der Waals surface area contributed by atoms with Gasteiger partial charge in [-0.05, 0) is 60.3 Å². The molecule has 2 nitrogen and oxygen atoms in total. The third-order valence-electron chi connectivity index (χ3n) is 7.84. The minimum atomic E-state index is 0.535. The van der Waals surface area contributed by atoms with Crippen LogP contribution >= 0.6 is 0 Å². The zero-order valence-corrected chi connectivity index (χ0v) is 21.5. The molecule has 1 aromatic heterocycles. The largest absolute Gasteiger partial charge is 0.493 e. The lowest BCUT2D eigenvalue weighted by Gasteiger charge is -2.33. The van der Waals surface area contributed by atoms with Crippen LogP contribution in [0.1, 0.15) is 116 Å². The molecule has 3 rings (SSSR count). The Morgan fingerprint density at radius 3 is 2.36 bits per heavy atom. The van der Waals surface area contributed by atoms with Crippen molar-refractivity contribution in [1.29, 1.82) is 0 Å². The highest BCUT2D eigenvalue weighted by molar-refractivity contribution is 5.73. The molecular formula is C31H47NO. The Balaban J connectivity index is 1.65. The van der Waals surface area contributed by atoms with E-state index in [0.29, 0.717) is 5.92 Å². The number of benzene rings is 1. The van der Waals surface area contributed by atoms with Crippen LogP contribution in [0.5, 0.6) is 5.75 Å².